The van der Waals surface area contributed by atoms with Crippen molar-refractivity contribution in [3.05, 3.63) is 46.5 Å². The van der Waals surface area contributed by atoms with Gasteiger partial charge in [0, 0.05) is 6.07 Å². The second-order valence-electron chi connectivity index (χ2n) is 4.17. The van der Waals surface area contributed by atoms with Crippen molar-refractivity contribution in [2.45, 2.75) is 13.8 Å². The third-order valence-electron chi connectivity index (χ3n) is 2.52. The van der Waals surface area contributed by atoms with E-state index in [2.05, 4.69) is 0 Å². The highest BCUT2D eigenvalue weighted by molar-refractivity contribution is 7.54. The SMILES string of the molecule is CCOP(=O)(C/C=C/COc1cccc([N+](=O)[O-])c1)OCC. The fourth-order valence-electron chi connectivity index (χ4n) is 1.64. The Morgan fingerprint density at radius 2 is 1.91 bits per heavy atom. The molecular weight excluding hydrogens is 309 g/mol. The lowest BCUT2D eigenvalue weighted by Crippen LogP contribution is -1.99. The van der Waals surface area contributed by atoms with Crippen LogP contribution in [0.3, 0.4) is 0 Å². The maximum absolute atomic E-state index is 12.2. The Morgan fingerprint density at radius 3 is 2.50 bits per heavy atom. The number of non-ortho nitro benzene ring substituents is 1. The molecule has 1 rings (SSSR count). The van der Waals surface area contributed by atoms with Gasteiger partial charge in [-0.15, -0.1) is 0 Å². The average molecular weight is 329 g/mol. The van der Waals surface area contributed by atoms with Gasteiger partial charge in [-0.1, -0.05) is 18.2 Å². The van der Waals surface area contributed by atoms with E-state index < -0.39 is 12.5 Å². The zero-order valence-corrected chi connectivity index (χ0v) is 13.5. The molecule has 0 aromatic heterocycles. The van der Waals surface area contributed by atoms with E-state index in [4.69, 9.17) is 13.8 Å². The first-order valence-corrected chi connectivity index (χ1v) is 8.64. The summed E-state index contributed by atoms with van der Waals surface area (Å²) < 4.78 is 27.8. The van der Waals surface area contributed by atoms with Gasteiger partial charge in [-0.3, -0.25) is 14.7 Å². The molecule has 8 heteroatoms. The summed E-state index contributed by atoms with van der Waals surface area (Å²) in [7, 11) is -3.08. The van der Waals surface area contributed by atoms with Crippen LogP contribution in [0, 0.1) is 10.1 Å². The van der Waals surface area contributed by atoms with Crippen molar-refractivity contribution < 1.29 is 23.3 Å². The summed E-state index contributed by atoms with van der Waals surface area (Å²) in [6.45, 7) is 4.34. The lowest BCUT2D eigenvalue weighted by molar-refractivity contribution is -0.384. The number of benzene rings is 1. The van der Waals surface area contributed by atoms with Crippen LogP contribution in [-0.2, 0) is 13.6 Å². The lowest BCUT2D eigenvalue weighted by Gasteiger charge is -2.14. The van der Waals surface area contributed by atoms with Crippen molar-refractivity contribution in [3.8, 4) is 5.75 Å². The third-order valence-corrected chi connectivity index (χ3v) is 4.48. The van der Waals surface area contributed by atoms with Gasteiger partial charge in [0.2, 0.25) is 0 Å². The van der Waals surface area contributed by atoms with Gasteiger partial charge in [-0.25, -0.2) is 0 Å². The van der Waals surface area contributed by atoms with Crippen LogP contribution >= 0.6 is 7.60 Å². The minimum absolute atomic E-state index is 0.0290. The molecule has 122 valence electrons. The van der Waals surface area contributed by atoms with Crippen molar-refractivity contribution in [2.24, 2.45) is 0 Å². The highest BCUT2D eigenvalue weighted by Crippen LogP contribution is 2.47. The lowest BCUT2D eigenvalue weighted by atomic mass is 10.3. The minimum atomic E-state index is -3.08. The molecule has 1 aromatic carbocycles. The van der Waals surface area contributed by atoms with E-state index in [9.17, 15) is 14.7 Å². The highest BCUT2D eigenvalue weighted by Gasteiger charge is 2.20. The number of nitro benzene ring substituents is 1. The molecule has 0 aliphatic carbocycles. The van der Waals surface area contributed by atoms with Crippen molar-refractivity contribution in [2.75, 3.05) is 26.0 Å². The molecule has 0 aliphatic rings. The number of rotatable bonds is 10. The molecule has 0 saturated carbocycles. The van der Waals surface area contributed by atoms with Crippen LogP contribution in [0.25, 0.3) is 0 Å². The van der Waals surface area contributed by atoms with Crippen molar-refractivity contribution in [3.63, 3.8) is 0 Å². The molecule has 0 unspecified atom stereocenters. The monoisotopic (exact) mass is 329 g/mol. The number of hydrogen-bond acceptors (Lipinski definition) is 6. The maximum atomic E-state index is 12.2. The van der Waals surface area contributed by atoms with E-state index >= 15 is 0 Å². The number of ether oxygens (including phenoxy) is 1. The minimum Gasteiger partial charge on any atom is -0.489 e. The van der Waals surface area contributed by atoms with Crippen LogP contribution in [0.15, 0.2) is 36.4 Å². The first-order chi connectivity index (χ1) is 10.5. The molecule has 0 heterocycles. The number of allylic oxidation sites excluding steroid dienone is 1. The second-order valence-corrected chi connectivity index (χ2v) is 6.27. The molecule has 0 atom stereocenters. The smallest absolute Gasteiger partial charge is 0.334 e. The van der Waals surface area contributed by atoms with E-state index in [1.165, 1.54) is 12.1 Å². The predicted octanol–water partition coefficient (Wildman–Crippen LogP) is 3.80. The van der Waals surface area contributed by atoms with E-state index in [0.717, 1.165) is 0 Å². The van der Waals surface area contributed by atoms with Crippen LogP contribution in [0.5, 0.6) is 5.75 Å². The largest absolute Gasteiger partial charge is 0.489 e. The van der Waals surface area contributed by atoms with Crippen LogP contribution in [-0.4, -0.2) is 30.9 Å². The van der Waals surface area contributed by atoms with Gasteiger partial charge in [0.15, 0.2) is 0 Å². The number of nitrogens with zero attached hydrogens (tertiary/aromatic N) is 1. The Bertz CT molecular complexity index is 550. The van der Waals surface area contributed by atoms with Crippen molar-refractivity contribution in [1.82, 2.24) is 0 Å². The zero-order valence-electron chi connectivity index (χ0n) is 12.6. The zero-order chi connectivity index (χ0) is 16.4. The molecule has 0 fully saturated rings. The summed E-state index contributed by atoms with van der Waals surface area (Å²) >= 11 is 0. The Morgan fingerprint density at radius 1 is 1.23 bits per heavy atom. The Kier molecular flexibility index (Phi) is 7.80. The topological polar surface area (TPSA) is 87.9 Å². The molecule has 0 saturated heterocycles. The fraction of sp³-hybridized carbons (Fsp3) is 0.429. The van der Waals surface area contributed by atoms with E-state index in [1.54, 1.807) is 38.1 Å². The first-order valence-electron chi connectivity index (χ1n) is 6.91. The first kappa shape index (κ1) is 18.4. The van der Waals surface area contributed by atoms with E-state index in [0.29, 0.717) is 19.0 Å². The van der Waals surface area contributed by atoms with Crippen LogP contribution < -0.4 is 4.74 Å². The van der Waals surface area contributed by atoms with Gasteiger partial charge >= 0.3 is 7.60 Å². The summed E-state index contributed by atoms with van der Waals surface area (Å²) in [4.78, 5) is 10.2. The standard InChI is InChI=1S/C14H20NO6P/c1-3-20-22(18,21-4-2)11-6-5-10-19-14-9-7-8-13(12-14)15(16)17/h5-9,12H,3-4,10-11H2,1-2H3/b6-5+. The number of hydrogen-bond donors (Lipinski definition) is 0. The Labute approximate surface area is 129 Å². The average Bonchev–Trinajstić information content (AvgIpc) is 2.47. The van der Waals surface area contributed by atoms with Gasteiger partial charge in [0.1, 0.15) is 12.4 Å². The van der Waals surface area contributed by atoms with Crippen LogP contribution in [0.1, 0.15) is 13.8 Å². The highest BCUT2D eigenvalue weighted by atomic mass is 31.2. The van der Waals surface area contributed by atoms with E-state index in [-0.39, 0.29) is 18.5 Å². The normalized spacial score (nSPS) is 11.7. The molecule has 22 heavy (non-hydrogen) atoms. The summed E-state index contributed by atoms with van der Waals surface area (Å²) in [5.74, 6) is 0.400. The van der Waals surface area contributed by atoms with Gasteiger partial charge in [0.05, 0.1) is 30.4 Å². The molecule has 7 nitrogen and oxygen atoms in total. The van der Waals surface area contributed by atoms with E-state index in [1.807, 2.05) is 0 Å². The maximum Gasteiger partial charge on any atom is 0.334 e. The second kappa shape index (κ2) is 9.35. The predicted molar refractivity (Wildman–Crippen MR) is 83.5 cm³/mol. The quantitative estimate of drug-likeness (QED) is 0.281. The van der Waals surface area contributed by atoms with Crippen molar-refractivity contribution >= 4 is 13.3 Å². The van der Waals surface area contributed by atoms with Crippen LogP contribution in [0.4, 0.5) is 5.69 Å². The molecule has 1 aromatic rings. The summed E-state index contributed by atoms with van der Waals surface area (Å²) in [6, 6.07) is 5.92. The molecule has 0 amide bonds. The molecule has 0 spiro atoms. The molecule has 0 N–H and O–H groups in total. The van der Waals surface area contributed by atoms with Gasteiger partial charge in [0.25, 0.3) is 5.69 Å². The third kappa shape index (κ3) is 6.39. The van der Waals surface area contributed by atoms with Gasteiger partial charge < -0.3 is 13.8 Å². The van der Waals surface area contributed by atoms with Gasteiger partial charge in [-0.2, -0.15) is 0 Å². The number of nitro groups is 1. The Balaban J connectivity index is 2.47. The Hall–Kier alpha value is -1.69. The summed E-state index contributed by atoms with van der Waals surface area (Å²) in [5.41, 5.74) is -0.0290. The molecule has 0 bridgehead atoms. The summed E-state index contributed by atoms with van der Waals surface area (Å²) in [6.07, 6.45) is 3.49. The fourth-order valence-corrected chi connectivity index (χ4v) is 3.12. The molecular formula is C14H20NO6P. The molecule has 0 radical (unpaired) electrons. The van der Waals surface area contributed by atoms with Gasteiger partial charge in [-0.05, 0) is 19.9 Å². The van der Waals surface area contributed by atoms with Crippen molar-refractivity contribution in [1.29, 1.82) is 0 Å². The molecule has 0 aliphatic heterocycles. The van der Waals surface area contributed by atoms with Crippen LogP contribution in [0.2, 0.25) is 0 Å². The summed E-state index contributed by atoms with van der Waals surface area (Å²) in [5, 5.41) is 10.6.